The number of hydrogen-bond donors (Lipinski definition) is 1. The Morgan fingerprint density at radius 3 is 2.38 bits per heavy atom. The van der Waals surface area contributed by atoms with Gasteiger partial charge in [-0.15, -0.1) is 0 Å². The minimum atomic E-state index is -4.07. The molecule has 26 heavy (non-hydrogen) atoms. The van der Waals surface area contributed by atoms with Crippen molar-refractivity contribution in [1.29, 1.82) is 0 Å². The first-order chi connectivity index (χ1) is 12.2. The monoisotopic (exact) mass is 381 g/mol. The number of benzene rings is 2. The highest BCUT2D eigenvalue weighted by Gasteiger charge is 2.33. The van der Waals surface area contributed by atoms with E-state index in [1.165, 1.54) is 38.3 Å². The van der Waals surface area contributed by atoms with Crippen molar-refractivity contribution in [3.05, 3.63) is 59.4 Å². The number of carbonyl (C=O) groups is 1. The Morgan fingerprint density at radius 2 is 1.85 bits per heavy atom. The van der Waals surface area contributed by atoms with Crippen LogP contribution in [0, 0.1) is 12.7 Å². The van der Waals surface area contributed by atoms with E-state index >= 15 is 0 Å². The maximum atomic E-state index is 13.6. The van der Waals surface area contributed by atoms with Crippen LogP contribution in [0.15, 0.2) is 47.4 Å². The number of aryl methyl sites for hydroxylation is 1. The second-order valence-corrected chi connectivity index (χ2v) is 7.74. The molecule has 0 saturated heterocycles. The van der Waals surface area contributed by atoms with Crippen molar-refractivity contribution in [3.8, 4) is 5.75 Å². The molecule has 140 valence electrons. The Kier molecular flexibility index (Phi) is 5.99. The summed E-state index contributed by atoms with van der Waals surface area (Å²) in [6, 6.07) is 8.71. The quantitative estimate of drug-likeness (QED) is 0.797. The van der Waals surface area contributed by atoms with Gasteiger partial charge in [0.15, 0.2) is 11.6 Å². The van der Waals surface area contributed by atoms with Gasteiger partial charge in [0.1, 0.15) is 6.04 Å². The van der Waals surface area contributed by atoms with Gasteiger partial charge in [-0.3, -0.25) is 4.79 Å². The first kappa shape index (κ1) is 19.9. The fourth-order valence-corrected chi connectivity index (χ4v) is 3.96. The van der Waals surface area contributed by atoms with Gasteiger partial charge in [-0.1, -0.05) is 23.8 Å². The van der Waals surface area contributed by atoms with Crippen molar-refractivity contribution in [2.24, 2.45) is 0 Å². The topological polar surface area (TPSA) is 83.9 Å². The third-order valence-corrected chi connectivity index (χ3v) is 5.90. The van der Waals surface area contributed by atoms with Crippen LogP contribution in [0.1, 0.15) is 18.1 Å². The van der Waals surface area contributed by atoms with Crippen molar-refractivity contribution < 1.29 is 27.4 Å². The van der Waals surface area contributed by atoms with Gasteiger partial charge in [0.2, 0.25) is 10.0 Å². The highest BCUT2D eigenvalue weighted by molar-refractivity contribution is 7.89. The van der Waals surface area contributed by atoms with Crippen LogP contribution in [-0.4, -0.2) is 37.0 Å². The van der Waals surface area contributed by atoms with Gasteiger partial charge in [-0.25, -0.2) is 12.8 Å². The van der Waals surface area contributed by atoms with E-state index in [1.54, 1.807) is 12.1 Å². The first-order valence-corrected chi connectivity index (χ1v) is 9.24. The van der Waals surface area contributed by atoms with E-state index in [0.717, 1.165) is 15.9 Å². The van der Waals surface area contributed by atoms with E-state index in [-0.39, 0.29) is 17.2 Å². The van der Waals surface area contributed by atoms with E-state index < -0.39 is 27.9 Å². The number of aliphatic carboxylic acids is 1. The number of sulfonamides is 1. The van der Waals surface area contributed by atoms with Gasteiger partial charge < -0.3 is 9.84 Å². The average Bonchev–Trinajstić information content (AvgIpc) is 2.60. The van der Waals surface area contributed by atoms with Crippen molar-refractivity contribution in [1.82, 2.24) is 4.31 Å². The zero-order chi connectivity index (χ0) is 19.5. The Hall–Kier alpha value is -2.45. The average molecular weight is 381 g/mol. The Morgan fingerprint density at radius 1 is 1.23 bits per heavy atom. The lowest BCUT2D eigenvalue weighted by Gasteiger charge is -2.26. The highest BCUT2D eigenvalue weighted by Crippen LogP contribution is 2.24. The molecule has 2 aromatic carbocycles. The molecular formula is C18H20FNO5S. The van der Waals surface area contributed by atoms with Crippen LogP contribution in [0.2, 0.25) is 0 Å². The zero-order valence-corrected chi connectivity index (χ0v) is 15.5. The van der Waals surface area contributed by atoms with E-state index in [2.05, 4.69) is 0 Å². The highest BCUT2D eigenvalue weighted by atomic mass is 32.2. The number of nitrogens with zero attached hydrogens (tertiary/aromatic N) is 1. The van der Waals surface area contributed by atoms with Crippen LogP contribution < -0.4 is 4.74 Å². The number of methoxy groups -OCH3 is 1. The fourth-order valence-electron chi connectivity index (χ4n) is 2.38. The SMILES string of the molecule is COc1cc(CN(C(C)C(=O)O)S(=O)(=O)c2ccc(C)cc2)ccc1F. The van der Waals surface area contributed by atoms with Crippen LogP contribution in [0.25, 0.3) is 0 Å². The summed E-state index contributed by atoms with van der Waals surface area (Å²) in [5.41, 5.74) is 1.29. The zero-order valence-electron chi connectivity index (χ0n) is 14.6. The predicted molar refractivity (Wildman–Crippen MR) is 94.0 cm³/mol. The minimum absolute atomic E-state index is 0.00900. The van der Waals surface area contributed by atoms with Gasteiger partial charge >= 0.3 is 5.97 Å². The summed E-state index contributed by atoms with van der Waals surface area (Å²) < 4.78 is 45.3. The van der Waals surface area contributed by atoms with E-state index in [4.69, 9.17) is 4.74 Å². The van der Waals surface area contributed by atoms with Crippen molar-refractivity contribution in [3.63, 3.8) is 0 Å². The molecule has 0 bridgehead atoms. The molecule has 0 aliphatic carbocycles. The number of hydrogen-bond acceptors (Lipinski definition) is 4. The van der Waals surface area contributed by atoms with Crippen LogP contribution >= 0.6 is 0 Å². The smallest absolute Gasteiger partial charge is 0.321 e. The number of carboxylic acid groups (broad SMARTS) is 1. The maximum Gasteiger partial charge on any atom is 0.321 e. The van der Waals surface area contributed by atoms with E-state index in [9.17, 15) is 22.7 Å². The lowest BCUT2D eigenvalue weighted by molar-refractivity contribution is -0.141. The number of carboxylic acids is 1. The van der Waals surface area contributed by atoms with Gasteiger partial charge in [0.25, 0.3) is 0 Å². The third-order valence-electron chi connectivity index (χ3n) is 3.97. The molecule has 0 aliphatic heterocycles. The van der Waals surface area contributed by atoms with Gasteiger partial charge in [-0.05, 0) is 43.7 Å². The third kappa shape index (κ3) is 4.20. The molecule has 0 aliphatic rings. The Labute approximate surface area is 151 Å². The molecule has 0 saturated carbocycles. The van der Waals surface area contributed by atoms with Crippen LogP contribution in [0.4, 0.5) is 4.39 Å². The van der Waals surface area contributed by atoms with Gasteiger partial charge in [0.05, 0.1) is 12.0 Å². The molecule has 2 aromatic rings. The summed E-state index contributed by atoms with van der Waals surface area (Å²) in [5.74, 6) is -1.91. The van der Waals surface area contributed by atoms with Crippen molar-refractivity contribution in [2.45, 2.75) is 31.3 Å². The van der Waals surface area contributed by atoms with Crippen LogP contribution in [-0.2, 0) is 21.4 Å². The Bertz CT molecular complexity index is 896. The molecule has 0 radical (unpaired) electrons. The molecule has 0 heterocycles. The van der Waals surface area contributed by atoms with Crippen LogP contribution in [0.5, 0.6) is 5.75 Å². The molecule has 0 aromatic heterocycles. The molecule has 1 N–H and O–H groups in total. The van der Waals surface area contributed by atoms with E-state index in [1.807, 2.05) is 6.92 Å². The summed E-state index contributed by atoms with van der Waals surface area (Å²) in [4.78, 5) is 11.4. The molecule has 8 heteroatoms. The number of halogens is 1. The van der Waals surface area contributed by atoms with Crippen molar-refractivity contribution >= 4 is 16.0 Å². The second-order valence-electron chi connectivity index (χ2n) is 5.85. The molecule has 1 unspecified atom stereocenters. The molecule has 0 fully saturated rings. The van der Waals surface area contributed by atoms with Crippen LogP contribution in [0.3, 0.4) is 0 Å². The maximum absolute atomic E-state index is 13.6. The molecule has 2 rings (SSSR count). The first-order valence-electron chi connectivity index (χ1n) is 7.80. The fraction of sp³-hybridized carbons (Fsp3) is 0.278. The predicted octanol–water partition coefficient (Wildman–Crippen LogP) is 2.81. The Balaban J connectivity index is 2.47. The standard InChI is InChI=1S/C18H20FNO5S/c1-12-4-7-15(8-5-12)26(23,24)20(13(2)18(21)22)11-14-6-9-16(19)17(10-14)25-3/h4-10,13H,11H2,1-3H3,(H,21,22). The summed E-state index contributed by atoms with van der Waals surface area (Å²) in [6.07, 6.45) is 0. The summed E-state index contributed by atoms with van der Waals surface area (Å²) >= 11 is 0. The normalized spacial score (nSPS) is 12.8. The second kappa shape index (κ2) is 7.84. The van der Waals surface area contributed by atoms with Gasteiger partial charge in [-0.2, -0.15) is 4.31 Å². The largest absolute Gasteiger partial charge is 0.494 e. The number of rotatable bonds is 7. The molecule has 1 atom stereocenters. The molecular weight excluding hydrogens is 361 g/mol. The molecule has 0 amide bonds. The van der Waals surface area contributed by atoms with Crippen molar-refractivity contribution in [2.75, 3.05) is 7.11 Å². The summed E-state index contributed by atoms with van der Waals surface area (Å²) in [5, 5.41) is 9.34. The molecule has 6 nitrogen and oxygen atoms in total. The lowest BCUT2D eigenvalue weighted by atomic mass is 10.2. The number of ether oxygens (including phenoxy) is 1. The van der Waals surface area contributed by atoms with Gasteiger partial charge in [0, 0.05) is 6.54 Å². The summed E-state index contributed by atoms with van der Waals surface area (Å²) in [7, 11) is -2.78. The molecule has 0 spiro atoms. The minimum Gasteiger partial charge on any atom is -0.494 e. The van der Waals surface area contributed by atoms with E-state index in [0.29, 0.717) is 5.56 Å². The lowest BCUT2D eigenvalue weighted by Crippen LogP contribution is -2.42. The summed E-state index contributed by atoms with van der Waals surface area (Å²) in [6.45, 7) is 2.87.